The molecular formula is C12H10ClNO4S2. The summed E-state index contributed by atoms with van der Waals surface area (Å²) >= 11 is 6.62. The van der Waals surface area contributed by atoms with Crippen molar-refractivity contribution in [3.05, 3.63) is 45.8 Å². The van der Waals surface area contributed by atoms with E-state index in [1.165, 1.54) is 18.2 Å². The zero-order valence-corrected chi connectivity index (χ0v) is 12.6. The molecule has 1 aromatic carbocycles. The predicted octanol–water partition coefficient (Wildman–Crippen LogP) is 3.21. The standard InChI is InChI=1S/C12H10ClNO4S2/c1-7-2-3-8(6-9(7)13)14-20(17,18)11-5-4-10(19-11)12(15)16/h2-6,14H,1H3,(H,15,16). The summed E-state index contributed by atoms with van der Waals surface area (Å²) in [5.74, 6) is -1.16. The van der Waals surface area contributed by atoms with Gasteiger partial charge in [0.25, 0.3) is 10.0 Å². The van der Waals surface area contributed by atoms with Gasteiger partial charge in [-0.05, 0) is 36.8 Å². The third-order valence-electron chi connectivity index (χ3n) is 2.48. The van der Waals surface area contributed by atoms with Crippen LogP contribution in [-0.4, -0.2) is 19.5 Å². The molecule has 8 heteroatoms. The van der Waals surface area contributed by atoms with Gasteiger partial charge < -0.3 is 5.11 Å². The Bertz CT molecular complexity index is 768. The lowest BCUT2D eigenvalue weighted by atomic mass is 10.2. The highest BCUT2D eigenvalue weighted by Crippen LogP contribution is 2.26. The highest BCUT2D eigenvalue weighted by molar-refractivity contribution is 7.94. The Labute approximate surface area is 124 Å². The van der Waals surface area contributed by atoms with Crippen molar-refractivity contribution < 1.29 is 18.3 Å². The van der Waals surface area contributed by atoms with Crippen molar-refractivity contribution in [2.45, 2.75) is 11.1 Å². The Balaban J connectivity index is 2.30. The van der Waals surface area contributed by atoms with Crippen molar-refractivity contribution in [1.29, 1.82) is 0 Å². The number of hydrogen-bond acceptors (Lipinski definition) is 4. The maximum Gasteiger partial charge on any atom is 0.345 e. The molecule has 0 fully saturated rings. The van der Waals surface area contributed by atoms with Gasteiger partial charge in [-0.2, -0.15) is 0 Å². The van der Waals surface area contributed by atoms with Gasteiger partial charge in [0.2, 0.25) is 0 Å². The van der Waals surface area contributed by atoms with Crippen molar-refractivity contribution in [2.24, 2.45) is 0 Å². The van der Waals surface area contributed by atoms with Gasteiger partial charge in [0, 0.05) is 5.02 Å². The molecule has 2 aromatic rings. The molecule has 0 aliphatic rings. The van der Waals surface area contributed by atoms with E-state index < -0.39 is 16.0 Å². The first kappa shape index (κ1) is 14.8. The van der Waals surface area contributed by atoms with Crippen LogP contribution >= 0.6 is 22.9 Å². The summed E-state index contributed by atoms with van der Waals surface area (Å²) in [7, 11) is -3.81. The van der Waals surface area contributed by atoms with Crippen LogP contribution < -0.4 is 4.72 Å². The van der Waals surface area contributed by atoms with Crippen LogP contribution in [0.4, 0.5) is 5.69 Å². The minimum atomic E-state index is -3.81. The first-order valence-electron chi connectivity index (χ1n) is 5.42. The summed E-state index contributed by atoms with van der Waals surface area (Å²) in [6.07, 6.45) is 0. The summed E-state index contributed by atoms with van der Waals surface area (Å²) < 4.78 is 26.5. The smallest absolute Gasteiger partial charge is 0.345 e. The largest absolute Gasteiger partial charge is 0.477 e. The number of carboxylic acids is 1. The molecule has 0 spiro atoms. The number of aryl methyl sites for hydroxylation is 1. The van der Waals surface area contributed by atoms with Crippen LogP contribution in [0, 0.1) is 6.92 Å². The normalized spacial score (nSPS) is 11.3. The minimum absolute atomic E-state index is 0.0349. The molecule has 0 radical (unpaired) electrons. The number of halogens is 1. The van der Waals surface area contributed by atoms with E-state index in [4.69, 9.17) is 16.7 Å². The fourth-order valence-corrected chi connectivity index (χ4v) is 3.82. The molecule has 1 heterocycles. The van der Waals surface area contributed by atoms with Crippen LogP contribution in [0.25, 0.3) is 0 Å². The van der Waals surface area contributed by atoms with Crippen molar-refractivity contribution in [1.82, 2.24) is 0 Å². The summed E-state index contributed by atoms with van der Waals surface area (Å²) in [5.41, 5.74) is 1.16. The molecule has 2 rings (SSSR count). The van der Waals surface area contributed by atoms with Gasteiger partial charge in [-0.3, -0.25) is 4.72 Å². The molecule has 0 unspecified atom stereocenters. The summed E-state index contributed by atoms with van der Waals surface area (Å²) in [6.45, 7) is 1.80. The average molecular weight is 332 g/mol. The Morgan fingerprint density at radius 3 is 2.55 bits per heavy atom. The van der Waals surface area contributed by atoms with Crippen LogP contribution in [0.1, 0.15) is 15.2 Å². The number of nitrogens with one attached hydrogen (secondary N) is 1. The van der Waals surface area contributed by atoms with Crippen LogP contribution in [0.2, 0.25) is 5.02 Å². The third-order valence-corrected chi connectivity index (χ3v) is 5.83. The molecule has 0 atom stereocenters. The van der Waals surface area contributed by atoms with E-state index in [1.807, 2.05) is 0 Å². The number of benzene rings is 1. The third kappa shape index (κ3) is 3.12. The number of sulfonamides is 1. The zero-order valence-electron chi connectivity index (χ0n) is 10.3. The molecule has 1 aromatic heterocycles. The summed E-state index contributed by atoms with van der Waals surface area (Å²) in [6, 6.07) is 7.29. The van der Waals surface area contributed by atoms with E-state index in [-0.39, 0.29) is 9.09 Å². The fraction of sp³-hybridized carbons (Fsp3) is 0.0833. The van der Waals surface area contributed by atoms with Gasteiger partial charge in [0.15, 0.2) is 0 Å². The van der Waals surface area contributed by atoms with Crippen molar-refractivity contribution in [3.8, 4) is 0 Å². The lowest BCUT2D eigenvalue weighted by Gasteiger charge is -2.07. The fourth-order valence-electron chi connectivity index (χ4n) is 1.44. The maximum atomic E-state index is 12.1. The summed E-state index contributed by atoms with van der Waals surface area (Å²) in [4.78, 5) is 10.7. The van der Waals surface area contributed by atoms with Crippen LogP contribution in [-0.2, 0) is 10.0 Å². The zero-order chi connectivity index (χ0) is 14.9. The molecule has 0 bridgehead atoms. The number of thiophene rings is 1. The Hall–Kier alpha value is -1.57. The van der Waals surface area contributed by atoms with E-state index in [0.717, 1.165) is 5.56 Å². The van der Waals surface area contributed by atoms with Crippen molar-refractivity contribution >= 4 is 44.6 Å². The maximum absolute atomic E-state index is 12.1. The second kappa shape index (κ2) is 5.43. The van der Waals surface area contributed by atoms with Crippen LogP contribution in [0.5, 0.6) is 0 Å². The van der Waals surface area contributed by atoms with Gasteiger partial charge in [0.1, 0.15) is 9.09 Å². The first-order valence-corrected chi connectivity index (χ1v) is 8.09. The van der Waals surface area contributed by atoms with Crippen LogP contribution in [0.15, 0.2) is 34.5 Å². The highest BCUT2D eigenvalue weighted by atomic mass is 35.5. The van der Waals surface area contributed by atoms with E-state index in [2.05, 4.69) is 4.72 Å². The SMILES string of the molecule is Cc1ccc(NS(=O)(=O)c2ccc(C(=O)O)s2)cc1Cl. The Morgan fingerprint density at radius 1 is 1.30 bits per heavy atom. The minimum Gasteiger partial charge on any atom is -0.477 e. The molecule has 0 amide bonds. The lowest BCUT2D eigenvalue weighted by molar-refractivity contribution is 0.0702. The molecule has 5 nitrogen and oxygen atoms in total. The highest BCUT2D eigenvalue weighted by Gasteiger charge is 2.19. The topological polar surface area (TPSA) is 83.5 Å². The van der Waals surface area contributed by atoms with Crippen molar-refractivity contribution in [3.63, 3.8) is 0 Å². The van der Waals surface area contributed by atoms with Gasteiger partial charge >= 0.3 is 5.97 Å². The van der Waals surface area contributed by atoms with E-state index in [1.54, 1.807) is 19.1 Å². The number of rotatable bonds is 4. The summed E-state index contributed by atoms with van der Waals surface area (Å²) in [5, 5.41) is 9.25. The van der Waals surface area contributed by atoms with E-state index >= 15 is 0 Å². The van der Waals surface area contributed by atoms with Gasteiger partial charge in [-0.1, -0.05) is 17.7 Å². The quantitative estimate of drug-likeness (QED) is 0.901. The van der Waals surface area contributed by atoms with Gasteiger partial charge in [0.05, 0.1) is 5.69 Å². The van der Waals surface area contributed by atoms with Gasteiger partial charge in [-0.15, -0.1) is 11.3 Å². The molecule has 106 valence electrons. The number of anilines is 1. The Morgan fingerprint density at radius 2 is 2.00 bits per heavy atom. The number of aromatic carboxylic acids is 1. The molecular weight excluding hydrogens is 322 g/mol. The number of carbonyl (C=O) groups is 1. The first-order chi connectivity index (χ1) is 9.29. The monoisotopic (exact) mass is 331 g/mol. The van der Waals surface area contributed by atoms with Crippen LogP contribution in [0.3, 0.4) is 0 Å². The second-order valence-corrected chi connectivity index (χ2v) is 7.39. The number of carboxylic acid groups (broad SMARTS) is 1. The molecule has 0 aliphatic carbocycles. The molecule has 0 saturated heterocycles. The van der Waals surface area contributed by atoms with Crippen molar-refractivity contribution in [2.75, 3.05) is 4.72 Å². The second-order valence-electron chi connectivity index (χ2n) is 3.99. The molecule has 20 heavy (non-hydrogen) atoms. The predicted molar refractivity (Wildman–Crippen MR) is 78.3 cm³/mol. The molecule has 0 aliphatic heterocycles. The number of hydrogen-bond donors (Lipinski definition) is 2. The Kier molecular flexibility index (Phi) is 4.03. The van der Waals surface area contributed by atoms with E-state index in [9.17, 15) is 13.2 Å². The molecule has 2 N–H and O–H groups in total. The average Bonchev–Trinajstić information content (AvgIpc) is 2.84. The van der Waals surface area contributed by atoms with Gasteiger partial charge in [-0.25, -0.2) is 13.2 Å². The molecule has 0 saturated carbocycles. The van der Waals surface area contributed by atoms with E-state index in [0.29, 0.717) is 22.0 Å². The lowest BCUT2D eigenvalue weighted by Crippen LogP contribution is -2.11.